The fourth-order valence-corrected chi connectivity index (χ4v) is 2.50. The predicted octanol–water partition coefficient (Wildman–Crippen LogP) is 3.27. The normalized spacial score (nSPS) is 20.4. The van der Waals surface area contributed by atoms with Crippen molar-refractivity contribution in [2.24, 2.45) is 0 Å². The van der Waals surface area contributed by atoms with Crippen LogP contribution in [0.5, 0.6) is 5.75 Å². The highest BCUT2D eigenvalue weighted by Crippen LogP contribution is 2.19. The summed E-state index contributed by atoms with van der Waals surface area (Å²) in [5.74, 6) is 0.824. The van der Waals surface area contributed by atoms with E-state index in [0.717, 1.165) is 25.2 Å². The third kappa shape index (κ3) is 5.01. The first-order chi connectivity index (χ1) is 9.28. The summed E-state index contributed by atoms with van der Waals surface area (Å²) in [6.45, 7) is 1.58. The minimum Gasteiger partial charge on any atom is -0.492 e. The summed E-state index contributed by atoms with van der Waals surface area (Å²) < 4.78 is 11.4. The van der Waals surface area contributed by atoms with Gasteiger partial charge < -0.3 is 14.8 Å². The first-order valence-corrected chi connectivity index (χ1v) is 7.33. The molecule has 1 fully saturated rings. The van der Waals surface area contributed by atoms with Crippen LogP contribution >= 0.6 is 11.6 Å². The lowest BCUT2D eigenvalue weighted by Crippen LogP contribution is -2.32. The molecular formula is C15H22ClNO2. The van der Waals surface area contributed by atoms with Crippen LogP contribution in [0.2, 0.25) is 5.02 Å². The zero-order chi connectivity index (χ0) is 13.5. The van der Waals surface area contributed by atoms with Crippen molar-refractivity contribution in [3.63, 3.8) is 0 Å². The van der Waals surface area contributed by atoms with Gasteiger partial charge in [0.25, 0.3) is 0 Å². The maximum atomic E-state index is 5.93. The quantitative estimate of drug-likeness (QED) is 0.833. The van der Waals surface area contributed by atoms with Crippen molar-refractivity contribution in [1.82, 2.24) is 5.32 Å². The van der Waals surface area contributed by atoms with Gasteiger partial charge in [-0.1, -0.05) is 17.7 Å². The minimum absolute atomic E-state index is 0.350. The van der Waals surface area contributed by atoms with Crippen molar-refractivity contribution < 1.29 is 9.47 Å². The molecule has 1 aromatic rings. The second-order valence-corrected chi connectivity index (χ2v) is 5.40. The topological polar surface area (TPSA) is 30.5 Å². The van der Waals surface area contributed by atoms with Crippen LogP contribution in [-0.2, 0) is 4.74 Å². The molecule has 3 nitrogen and oxygen atoms in total. The van der Waals surface area contributed by atoms with Crippen LogP contribution in [0.3, 0.4) is 0 Å². The van der Waals surface area contributed by atoms with Crippen molar-refractivity contribution in [3.8, 4) is 5.75 Å². The summed E-state index contributed by atoms with van der Waals surface area (Å²) in [6, 6.07) is 7.87. The zero-order valence-electron chi connectivity index (χ0n) is 11.4. The van der Waals surface area contributed by atoms with Crippen LogP contribution in [0.25, 0.3) is 0 Å². The summed E-state index contributed by atoms with van der Waals surface area (Å²) in [5.41, 5.74) is 0. The molecule has 2 rings (SSSR count). The van der Waals surface area contributed by atoms with Gasteiger partial charge in [-0.15, -0.1) is 0 Å². The number of benzene rings is 1. The lowest BCUT2D eigenvalue weighted by Gasteiger charge is -2.19. The molecule has 2 unspecified atom stereocenters. The smallest absolute Gasteiger partial charge is 0.120 e. The van der Waals surface area contributed by atoms with Gasteiger partial charge in [-0.2, -0.15) is 0 Å². The standard InChI is InChI=1S/C15H22ClNO2/c1-17-13(7-8-14-6-3-9-18-14)11-19-15-5-2-4-12(16)10-15/h2,4-5,10,13-14,17H,3,6-9,11H2,1H3. The number of likely N-dealkylation sites (N-methyl/N-ethyl adjacent to an activating group) is 1. The molecule has 1 heterocycles. The van der Waals surface area contributed by atoms with Crippen molar-refractivity contribution in [2.75, 3.05) is 20.3 Å². The Labute approximate surface area is 120 Å². The predicted molar refractivity (Wildman–Crippen MR) is 78.0 cm³/mol. The molecule has 0 saturated carbocycles. The van der Waals surface area contributed by atoms with E-state index in [1.54, 1.807) is 0 Å². The average Bonchev–Trinajstić information content (AvgIpc) is 2.92. The number of hydrogen-bond donors (Lipinski definition) is 1. The van der Waals surface area contributed by atoms with Crippen LogP contribution in [0.1, 0.15) is 25.7 Å². The Bertz CT molecular complexity index is 380. The molecular weight excluding hydrogens is 262 g/mol. The largest absolute Gasteiger partial charge is 0.492 e. The van der Waals surface area contributed by atoms with E-state index in [4.69, 9.17) is 21.1 Å². The Kier molecular flexibility index (Phi) is 5.95. The molecule has 1 aliphatic rings. The van der Waals surface area contributed by atoms with Gasteiger partial charge >= 0.3 is 0 Å². The first-order valence-electron chi connectivity index (χ1n) is 6.95. The molecule has 0 radical (unpaired) electrons. The monoisotopic (exact) mass is 283 g/mol. The third-order valence-corrected chi connectivity index (χ3v) is 3.75. The van der Waals surface area contributed by atoms with Gasteiger partial charge in [-0.05, 0) is 50.9 Å². The van der Waals surface area contributed by atoms with E-state index in [1.165, 1.54) is 12.8 Å². The Hall–Kier alpha value is -0.770. The zero-order valence-corrected chi connectivity index (χ0v) is 12.2. The molecule has 0 aromatic heterocycles. The molecule has 1 N–H and O–H groups in total. The van der Waals surface area contributed by atoms with E-state index in [-0.39, 0.29) is 0 Å². The number of nitrogens with one attached hydrogen (secondary N) is 1. The molecule has 1 saturated heterocycles. The summed E-state index contributed by atoms with van der Waals surface area (Å²) in [7, 11) is 1.97. The molecule has 0 aliphatic carbocycles. The van der Waals surface area contributed by atoms with Gasteiger partial charge in [0, 0.05) is 17.7 Å². The Morgan fingerprint density at radius 3 is 3.11 bits per heavy atom. The highest BCUT2D eigenvalue weighted by molar-refractivity contribution is 6.30. The van der Waals surface area contributed by atoms with Crippen molar-refractivity contribution in [3.05, 3.63) is 29.3 Å². The Morgan fingerprint density at radius 1 is 1.53 bits per heavy atom. The fourth-order valence-electron chi connectivity index (χ4n) is 2.32. The Balaban J connectivity index is 1.72. The number of ether oxygens (including phenoxy) is 2. The van der Waals surface area contributed by atoms with Crippen LogP contribution in [0, 0.1) is 0 Å². The minimum atomic E-state index is 0.350. The van der Waals surface area contributed by atoms with Crippen LogP contribution in [0.15, 0.2) is 24.3 Å². The van der Waals surface area contributed by atoms with Crippen LogP contribution in [0.4, 0.5) is 0 Å². The summed E-state index contributed by atoms with van der Waals surface area (Å²) >= 11 is 5.93. The summed E-state index contributed by atoms with van der Waals surface area (Å²) in [6.07, 6.45) is 5.02. The van der Waals surface area contributed by atoms with E-state index in [2.05, 4.69) is 5.32 Å². The van der Waals surface area contributed by atoms with Crippen LogP contribution in [-0.4, -0.2) is 32.4 Å². The molecule has 19 heavy (non-hydrogen) atoms. The van der Waals surface area contributed by atoms with E-state index in [1.807, 2.05) is 31.3 Å². The number of hydrogen-bond acceptors (Lipinski definition) is 3. The Morgan fingerprint density at radius 2 is 2.42 bits per heavy atom. The molecule has 1 aromatic carbocycles. The molecule has 1 aliphatic heterocycles. The fraction of sp³-hybridized carbons (Fsp3) is 0.600. The van der Waals surface area contributed by atoms with E-state index in [9.17, 15) is 0 Å². The first kappa shape index (κ1) is 14.6. The van der Waals surface area contributed by atoms with E-state index in [0.29, 0.717) is 23.8 Å². The molecule has 106 valence electrons. The average molecular weight is 284 g/mol. The van der Waals surface area contributed by atoms with Gasteiger partial charge in [0.2, 0.25) is 0 Å². The van der Waals surface area contributed by atoms with Crippen molar-refractivity contribution in [1.29, 1.82) is 0 Å². The maximum absolute atomic E-state index is 5.93. The number of rotatable bonds is 7. The molecule has 0 amide bonds. The van der Waals surface area contributed by atoms with E-state index >= 15 is 0 Å². The number of halogens is 1. The summed E-state index contributed by atoms with van der Waals surface area (Å²) in [5, 5.41) is 4.00. The molecule has 0 bridgehead atoms. The van der Waals surface area contributed by atoms with E-state index < -0.39 is 0 Å². The van der Waals surface area contributed by atoms with Gasteiger partial charge in [-0.25, -0.2) is 0 Å². The van der Waals surface area contributed by atoms with Crippen LogP contribution < -0.4 is 10.1 Å². The maximum Gasteiger partial charge on any atom is 0.120 e. The highest BCUT2D eigenvalue weighted by atomic mass is 35.5. The second kappa shape index (κ2) is 7.73. The highest BCUT2D eigenvalue weighted by Gasteiger charge is 2.17. The molecule has 2 atom stereocenters. The van der Waals surface area contributed by atoms with Gasteiger partial charge in [0.15, 0.2) is 0 Å². The molecule has 4 heteroatoms. The van der Waals surface area contributed by atoms with Crippen molar-refractivity contribution in [2.45, 2.75) is 37.8 Å². The second-order valence-electron chi connectivity index (χ2n) is 4.97. The summed E-state index contributed by atoms with van der Waals surface area (Å²) in [4.78, 5) is 0. The van der Waals surface area contributed by atoms with Gasteiger partial charge in [0.05, 0.1) is 6.10 Å². The lowest BCUT2D eigenvalue weighted by molar-refractivity contribution is 0.0975. The SMILES string of the molecule is CNC(CCC1CCCO1)COc1cccc(Cl)c1. The van der Waals surface area contributed by atoms with Gasteiger partial charge in [0.1, 0.15) is 12.4 Å². The van der Waals surface area contributed by atoms with Gasteiger partial charge in [-0.3, -0.25) is 0 Å². The molecule has 0 spiro atoms. The lowest BCUT2D eigenvalue weighted by atomic mass is 10.1. The van der Waals surface area contributed by atoms with Crippen molar-refractivity contribution >= 4 is 11.6 Å². The third-order valence-electron chi connectivity index (χ3n) is 3.52.